The van der Waals surface area contributed by atoms with E-state index in [1.54, 1.807) is 11.1 Å². The van der Waals surface area contributed by atoms with Crippen LogP contribution in [-0.4, -0.2) is 0 Å². The van der Waals surface area contributed by atoms with E-state index in [1.165, 1.54) is 64.2 Å². The molecule has 0 N–H and O–H groups in total. The first-order valence-corrected chi connectivity index (χ1v) is 10.1. The lowest BCUT2D eigenvalue weighted by Crippen LogP contribution is -2.05. The van der Waals surface area contributed by atoms with E-state index in [1.807, 2.05) is 0 Å². The van der Waals surface area contributed by atoms with Crippen LogP contribution >= 0.6 is 0 Å². The molecule has 128 valence electrons. The summed E-state index contributed by atoms with van der Waals surface area (Å²) in [5, 5.41) is 0. The molecule has 0 nitrogen and oxygen atoms in total. The number of rotatable bonds is 12. The van der Waals surface area contributed by atoms with Gasteiger partial charge in [-0.05, 0) is 41.7 Å². The van der Waals surface area contributed by atoms with E-state index in [0.717, 1.165) is 11.8 Å². The minimum Gasteiger partial charge on any atom is -0.0744 e. The maximum atomic E-state index is 2.55. The summed E-state index contributed by atoms with van der Waals surface area (Å²) in [7, 11) is 0. The molecule has 0 fully saturated rings. The SMILES string of the molecule is CCCCC(CC)CC1=CC(C)C=C1CC(CC)CCCC. The topological polar surface area (TPSA) is 0 Å². The third kappa shape index (κ3) is 6.71. The molecular weight excluding hydrogens is 264 g/mol. The third-order valence-electron chi connectivity index (χ3n) is 5.44. The average molecular weight is 305 g/mol. The van der Waals surface area contributed by atoms with E-state index >= 15 is 0 Å². The molecule has 0 heterocycles. The summed E-state index contributed by atoms with van der Waals surface area (Å²) in [6, 6.07) is 0. The first-order valence-electron chi connectivity index (χ1n) is 10.1. The smallest absolute Gasteiger partial charge is 0.00700 e. The van der Waals surface area contributed by atoms with Crippen LogP contribution < -0.4 is 0 Å². The number of unbranched alkanes of at least 4 members (excludes halogenated alkanes) is 2. The summed E-state index contributed by atoms with van der Waals surface area (Å²) in [6.45, 7) is 11.7. The summed E-state index contributed by atoms with van der Waals surface area (Å²) in [5.41, 5.74) is 3.40. The van der Waals surface area contributed by atoms with Crippen LogP contribution in [0, 0.1) is 17.8 Å². The van der Waals surface area contributed by atoms with Gasteiger partial charge in [0, 0.05) is 0 Å². The van der Waals surface area contributed by atoms with Gasteiger partial charge < -0.3 is 0 Å². The minimum absolute atomic E-state index is 0.664. The van der Waals surface area contributed by atoms with E-state index in [2.05, 4.69) is 46.8 Å². The Morgan fingerprint density at radius 3 is 1.50 bits per heavy atom. The van der Waals surface area contributed by atoms with Crippen LogP contribution in [0.5, 0.6) is 0 Å². The monoisotopic (exact) mass is 304 g/mol. The van der Waals surface area contributed by atoms with Crippen molar-refractivity contribution in [3.05, 3.63) is 23.3 Å². The molecule has 0 aromatic carbocycles. The fraction of sp³-hybridized carbons (Fsp3) is 0.818. The van der Waals surface area contributed by atoms with E-state index in [9.17, 15) is 0 Å². The molecule has 0 saturated heterocycles. The molecule has 0 heteroatoms. The van der Waals surface area contributed by atoms with Crippen LogP contribution in [-0.2, 0) is 0 Å². The lowest BCUT2D eigenvalue weighted by molar-refractivity contribution is 0.433. The van der Waals surface area contributed by atoms with Gasteiger partial charge in [-0.1, -0.05) is 98.1 Å². The number of allylic oxidation sites excluding steroid dienone is 4. The van der Waals surface area contributed by atoms with Crippen molar-refractivity contribution >= 4 is 0 Å². The van der Waals surface area contributed by atoms with Crippen molar-refractivity contribution in [1.82, 2.24) is 0 Å². The fourth-order valence-corrected chi connectivity index (χ4v) is 3.80. The Morgan fingerprint density at radius 1 is 0.773 bits per heavy atom. The van der Waals surface area contributed by atoms with E-state index in [0.29, 0.717) is 5.92 Å². The molecule has 0 aliphatic heterocycles. The van der Waals surface area contributed by atoms with Crippen LogP contribution in [0.1, 0.15) is 98.8 Å². The Balaban J connectivity index is 2.61. The van der Waals surface area contributed by atoms with Crippen molar-refractivity contribution in [1.29, 1.82) is 0 Å². The van der Waals surface area contributed by atoms with E-state index in [4.69, 9.17) is 0 Å². The molecule has 0 bridgehead atoms. The lowest BCUT2D eigenvalue weighted by atomic mass is 9.85. The highest BCUT2D eigenvalue weighted by molar-refractivity contribution is 5.39. The Morgan fingerprint density at radius 2 is 1.18 bits per heavy atom. The van der Waals surface area contributed by atoms with Gasteiger partial charge >= 0.3 is 0 Å². The predicted molar refractivity (Wildman–Crippen MR) is 101 cm³/mol. The Bertz CT molecular complexity index is 313. The Labute approximate surface area is 140 Å². The predicted octanol–water partition coefficient (Wildman–Crippen LogP) is 7.70. The van der Waals surface area contributed by atoms with Gasteiger partial charge in [0.25, 0.3) is 0 Å². The van der Waals surface area contributed by atoms with Crippen molar-refractivity contribution in [2.75, 3.05) is 0 Å². The van der Waals surface area contributed by atoms with Gasteiger partial charge in [0.1, 0.15) is 0 Å². The fourth-order valence-electron chi connectivity index (χ4n) is 3.80. The zero-order valence-electron chi connectivity index (χ0n) is 16.0. The van der Waals surface area contributed by atoms with Gasteiger partial charge in [-0.3, -0.25) is 0 Å². The van der Waals surface area contributed by atoms with Gasteiger partial charge in [-0.25, -0.2) is 0 Å². The van der Waals surface area contributed by atoms with Gasteiger partial charge in [-0.2, -0.15) is 0 Å². The van der Waals surface area contributed by atoms with Crippen molar-refractivity contribution in [3.63, 3.8) is 0 Å². The molecule has 0 radical (unpaired) electrons. The van der Waals surface area contributed by atoms with Crippen LogP contribution in [0.3, 0.4) is 0 Å². The van der Waals surface area contributed by atoms with E-state index < -0.39 is 0 Å². The van der Waals surface area contributed by atoms with Crippen molar-refractivity contribution in [2.24, 2.45) is 17.8 Å². The molecule has 0 spiro atoms. The van der Waals surface area contributed by atoms with Crippen molar-refractivity contribution < 1.29 is 0 Å². The summed E-state index contributed by atoms with van der Waals surface area (Å²) in [6.07, 6.45) is 18.7. The Kier molecular flexibility index (Phi) is 9.84. The second-order valence-corrected chi connectivity index (χ2v) is 7.48. The third-order valence-corrected chi connectivity index (χ3v) is 5.44. The summed E-state index contributed by atoms with van der Waals surface area (Å²) in [4.78, 5) is 0. The number of hydrogen-bond donors (Lipinski definition) is 0. The largest absolute Gasteiger partial charge is 0.0744 e. The van der Waals surface area contributed by atoms with Gasteiger partial charge in [-0.15, -0.1) is 0 Å². The molecule has 1 rings (SSSR count). The highest BCUT2D eigenvalue weighted by Gasteiger charge is 2.20. The van der Waals surface area contributed by atoms with Gasteiger partial charge in [0.05, 0.1) is 0 Å². The molecule has 22 heavy (non-hydrogen) atoms. The first-order chi connectivity index (χ1) is 10.6. The highest BCUT2D eigenvalue weighted by atomic mass is 14.3. The maximum Gasteiger partial charge on any atom is -0.00700 e. The molecular formula is C22H40. The summed E-state index contributed by atoms with van der Waals surface area (Å²) in [5.74, 6) is 2.46. The Hall–Kier alpha value is -0.520. The normalized spacial score (nSPS) is 20.7. The van der Waals surface area contributed by atoms with Crippen LogP contribution in [0.15, 0.2) is 23.3 Å². The molecule has 2 unspecified atom stereocenters. The lowest BCUT2D eigenvalue weighted by Gasteiger charge is -2.20. The summed E-state index contributed by atoms with van der Waals surface area (Å²) >= 11 is 0. The van der Waals surface area contributed by atoms with Crippen LogP contribution in [0.4, 0.5) is 0 Å². The van der Waals surface area contributed by atoms with Crippen LogP contribution in [0.2, 0.25) is 0 Å². The standard InChI is InChI=1S/C22H40/c1-6-10-12-19(8-3)16-21-14-18(5)15-22(21)17-20(9-4)13-11-7-2/h14-15,18-20H,6-13,16-17H2,1-5H3. The zero-order valence-corrected chi connectivity index (χ0v) is 16.0. The molecule has 0 amide bonds. The molecule has 1 aliphatic carbocycles. The number of hydrogen-bond acceptors (Lipinski definition) is 0. The van der Waals surface area contributed by atoms with Crippen LogP contribution in [0.25, 0.3) is 0 Å². The molecule has 1 aliphatic rings. The minimum atomic E-state index is 0.664. The van der Waals surface area contributed by atoms with E-state index in [-0.39, 0.29) is 0 Å². The molecule has 0 aromatic rings. The summed E-state index contributed by atoms with van der Waals surface area (Å²) < 4.78 is 0. The van der Waals surface area contributed by atoms with Crippen molar-refractivity contribution in [3.8, 4) is 0 Å². The van der Waals surface area contributed by atoms with Crippen molar-refractivity contribution in [2.45, 2.75) is 98.8 Å². The molecule has 2 atom stereocenters. The average Bonchev–Trinajstić information content (AvgIpc) is 2.86. The zero-order chi connectivity index (χ0) is 16.4. The van der Waals surface area contributed by atoms with Gasteiger partial charge in [0.15, 0.2) is 0 Å². The molecule has 0 saturated carbocycles. The van der Waals surface area contributed by atoms with Gasteiger partial charge in [0.2, 0.25) is 0 Å². The quantitative estimate of drug-likeness (QED) is 0.346. The highest BCUT2D eigenvalue weighted by Crippen LogP contribution is 2.36. The first kappa shape index (κ1) is 19.5. The second-order valence-electron chi connectivity index (χ2n) is 7.48. The molecule has 0 aromatic heterocycles. The second kappa shape index (κ2) is 11.1. The maximum absolute atomic E-state index is 2.55.